The molecule has 1 rings (SSSR count). The molecule has 1 aromatic carbocycles. The molecule has 0 aliphatic rings. The van der Waals surface area contributed by atoms with Gasteiger partial charge in [-0.2, -0.15) is 0 Å². The minimum absolute atomic E-state index is 0.211. The quantitative estimate of drug-likeness (QED) is 0.455. The van der Waals surface area contributed by atoms with Crippen LogP contribution in [-0.2, 0) is 20.7 Å². The van der Waals surface area contributed by atoms with Gasteiger partial charge in [-0.05, 0) is 31.5 Å². The summed E-state index contributed by atoms with van der Waals surface area (Å²) in [4.78, 5) is 22.5. The molecule has 96 valence electrons. The lowest BCUT2D eigenvalue weighted by atomic mass is 10.1. The largest absolute Gasteiger partial charge is 0.466 e. The Hall–Kier alpha value is -2.10. The third-order valence-electron chi connectivity index (χ3n) is 2.14. The van der Waals surface area contributed by atoms with Gasteiger partial charge in [-0.25, -0.2) is 4.79 Å². The molecule has 0 aliphatic heterocycles. The van der Waals surface area contributed by atoms with Gasteiger partial charge in [-0.3, -0.25) is 4.79 Å². The smallest absolute Gasteiger partial charge is 0.338 e. The molecule has 0 amide bonds. The molecule has 1 aromatic rings. The highest BCUT2D eigenvalue weighted by molar-refractivity contribution is 5.88. The topological polar surface area (TPSA) is 52.6 Å². The molecule has 18 heavy (non-hydrogen) atoms. The first kappa shape index (κ1) is 14.0. The minimum atomic E-state index is -0.465. The number of carbonyl (C=O) groups is 2. The molecule has 0 spiro atoms. The summed E-state index contributed by atoms with van der Waals surface area (Å²) in [6.07, 6.45) is 0.211. The fourth-order valence-electron chi connectivity index (χ4n) is 1.25. The van der Waals surface area contributed by atoms with Crippen LogP contribution in [-0.4, -0.2) is 18.5 Å². The number of benzene rings is 1. The molecule has 0 atom stereocenters. The van der Waals surface area contributed by atoms with E-state index in [9.17, 15) is 9.59 Å². The van der Waals surface area contributed by atoms with E-state index in [-0.39, 0.29) is 12.4 Å². The van der Waals surface area contributed by atoms with Crippen molar-refractivity contribution in [3.63, 3.8) is 0 Å². The van der Waals surface area contributed by atoms with Gasteiger partial charge in [0.1, 0.15) is 5.75 Å². The van der Waals surface area contributed by atoms with Crippen LogP contribution in [0.4, 0.5) is 0 Å². The molecule has 0 N–H and O–H groups in total. The highest BCUT2D eigenvalue weighted by Crippen LogP contribution is 2.14. The Morgan fingerprint density at radius 3 is 2.33 bits per heavy atom. The lowest BCUT2D eigenvalue weighted by Gasteiger charge is -2.05. The van der Waals surface area contributed by atoms with Gasteiger partial charge in [-0.1, -0.05) is 18.7 Å². The highest BCUT2D eigenvalue weighted by atomic mass is 16.5. The molecule has 0 aliphatic carbocycles. The predicted octanol–water partition coefficient (Wildman–Crippen LogP) is 2.27. The molecule has 4 nitrogen and oxygen atoms in total. The highest BCUT2D eigenvalue weighted by Gasteiger charge is 2.07. The van der Waals surface area contributed by atoms with Crippen LogP contribution in [0.5, 0.6) is 5.75 Å². The second kappa shape index (κ2) is 6.59. The molecule has 0 bridgehead atoms. The van der Waals surface area contributed by atoms with E-state index in [1.807, 2.05) is 0 Å². The maximum absolute atomic E-state index is 11.3. The van der Waals surface area contributed by atoms with Crippen LogP contribution in [0, 0.1) is 0 Å². The second-order valence-corrected chi connectivity index (χ2v) is 3.80. The molecule has 0 aromatic heterocycles. The SMILES string of the molecule is C=C(C)C(=O)Oc1ccc(CC(=O)OCC)cc1. The predicted molar refractivity (Wildman–Crippen MR) is 67.2 cm³/mol. The van der Waals surface area contributed by atoms with Gasteiger partial charge in [-0.15, -0.1) is 0 Å². The van der Waals surface area contributed by atoms with E-state index in [4.69, 9.17) is 9.47 Å². The summed E-state index contributed by atoms with van der Waals surface area (Å²) in [6.45, 7) is 7.20. The summed E-state index contributed by atoms with van der Waals surface area (Å²) >= 11 is 0. The molecule has 0 saturated carbocycles. The standard InChI is InChI=1S/C14H16O4/c1-4-17-13(15)9-11-5-7-12(8-6-11)18-14(16)10(2)3/h5-8H,2,4,9H2,1,3H3. The Morgan fingerprint density at radius 1 is 1.22 bits per heavy atom. The van der Waals surface area contributed by atoms with E-state index in [1.165, 1.54) is 0 Å². The average molecular weight is 248 g/mol. The Morgan fingerprint density at radius 2 is 1.83 bits per heavy atom. The van der Waals surface area contributed by atoms with E-state index in [2.05, 4.69) is 6.58 Å². The summed E-state index contributed by atoms with van der Waals surface area (Å²) in [5.74, 6) is -0.312. The van der Waals surface area contributed by atoms with Crippen LogP contribution in [0.2, 0.25) is 0 Å². The Kier molecular flexibility index (Phi) is 5.11. The van der Waals surface area contributed by atoms with Gasteiger partial charge in [0.25, 0.3) is 0 Å². The minimum Gasteiger partial charge on any atom is -0.466 e. The molecular formula is C14H16O4. The summed E-state index contributed by atoms with van der Waals surface area (Å²) in [6, 6.07) is 6.71. The third-order valence-corrected chi connectivity index (χ3v) is 2.14. The van der Waals surface area contributed by atoms with E-state index >= 15 is 0 Å². The maximum atomic E-state index is 11.3. The number of ether oxygens (including phenoxy) is 2. The number of hydrogen-bond donors (Lipinski definition) is 0. The Balaban J connectivity index is 2.60. The van der Waals surface area contributed by atoms with Crippen molar-refractivity contribution in [3.8, 4) is 5.75 Å². The average Bonchev–Trinajstić information content (AvgIpc) is 2.31. The Bertz CT molecular complexity index is 445. The molecular weight excluding hydrogens is 232 g/mol. The summed E-state index contributed by atoms with van der Waals surface area (Å²) in [7, 11) is 0. The van der Waals surface area contributed by atoms with Crippen molar-refractivity contribution < 1.29 is 19.1 Å². The zero-order valence-corrected chi connectivity index (χ0v) is 10.6. The molecule has 0 saturated heterocycles. The van der Waals surface area contributed by atoms with Gasteiger partial charge in [0, 0.05) is 5.57 Å². The maximum Gasteiger partial charge on any atom is 0.338 e. The second-order valence-electron chi connectivity index (χ2n) is 3.80. The van der Waals surface area contributed by atoms with Crippen molar-refractivity contribution in [1.29, 1.82) is 0 Å². The number of rotatable bonds is 5. The van der Waals surface area contributed by atoms with Crippen molar-refractivity contribution in [2.24, 2.45) is 0 Å². The van der Waals surface area contributed by atoms with Gasteiger partial charge in [0.15, 0.2) is 0 Å². The van der Waals surface area contributed by atoms with Crippen LogP contribution in [0.15, 0.2) is 36.4 Å². The van der Waals surface area contributed by atoms with Crippen LogP contribution >= 0.6 is 0 Å². The van der Waals surface area contributed by atoms with Crippen molar-refractivity contribution in [1.82, 2.24) is 0 Å². The fraction of sp³-hybridized carbons (Fsp3) is 0.286. The zero-order valence-electron chi connectivity index (χ0n) is 10.6. The van der Waals surface area contributed by atoms with Crippen LogP contribution in [0.25, 0.3) is 0 Å². The first-order valence-corrected chi connectivity index (χ1v) is 5.65. The van der Waals surface area contributed by atoms with Gasteiger partial charge in [0.05, 0.1) is 13.0 Å². The lowest BCUT2D eigenvalue weighted by molar-refractivity contribution is -0.142. The fourth-order valence-corrected chi connectivity index (χ4v) is 1.25. The van der Waals surface area contributed by atoms with Crippen molar-refractivity contribution in [2.75, 3.05) is 6.61 Å². The summed E-state index contributed by atoms with van der Waals surface area (Å²) in [5.41, 5.74) is 1.15. The van der Waals surface area contributed by atoms with Crippen LogP contribution in [0.3, 0.4) is 0 Å². The van der Waals surface area contributed by atoms with Gasteiger partial charge in [0.2, 0.25) is 0 Å². The monoisotopic (exact) mass is 248 g/mol. The van der Waals surface area contributed by atoms with E-state index in [1.54, 1.807) is 38.1 Å². The van der Waals surface area contributed by atoms with E-state index < -0.39 is 5.97 Å². The number of hydrogen-bond acceptors (Lipinski definition) is 4. The van der Waals surface area contributed by atoms with Crippen molar-refractivity contribution >= 4 is 11.9 Å². The van der Waals surface area contributed by atoms with Gasteiger partial charge < -0.3 is 9.47 Å². The van der Waals surface area contributed by atoms with E-state index in [0.29, 0.717) is 17.9 Å². The number of esters is 2. The van der Waals surface area contributed by atoms with Gasteiger partial charge >= 0.3 is 11.9 Å². The van der Waals surface area contributed by atoms with Crippen molar-refractivity contribution in [3.05, 3.63) is 42.0 Å². The third kappa shape index (κ3) is 4.41. The van der Waals surface area contributed by atoms with Crippen LogP contribution < -0.4 is 4.74 Å². The summed E-state index contributed by atoms with van der Waals surface area (Å²) in [5, 5.41) is 0. The first-order chi connectivity index (χ1) is 8.52. The van der Waals surface area contributed by atoms with Crippen molar-refractivity contribution in [2.45, 2.75) is 20.3 Å². The summed E-state index contributed by atoms with van der Waals surface area (Å²) < 4.78 is 9.86. The Labute approximate surface area is 106 Å². The molecule has 0 radical (unpaired) electrons. The molecule has 4 heteroatoms. The van der Waals surface area contributed by atoms with Crippen LogP contribution in [0.1, 0.15) is 19.4 Å². The molecule has 0 fully saturated rings. The molecule has 0 unspecified atom stereocenters. The number of carbonyl (C=O) groups excluding carboxylic acids is 2. The lowest BCUT2D eigenvalue weighted by Crippen LogP contribution is -2.09. The first-order valence-electron chi connectivity index (χ1n) is 5.65. The van der Waals surface area contributed by atoms with E-state index in [0.717, 1.165) is 5.56 Å². The normalized spacial score (nSPS) is 9.67. The molecule has 0 heterocycles. The zero-order chi connectivity index (χ0) is 13.5.